The largest absolute Gasteiger partial charge is 0.396 e. The third-order valence-electron chi connectivity index (χ3n) is 16.2. The summed E-state index contributed by atoms with van der Waals surface area (Å²) in [5.74, 6) is -11.3. The Morgan fingerprint density at radius 2 is 0.894 bits per heavy atom. The van der Waals surface area contributed by atoms with Crippen LogP contribution in [-0.2, 0) is 52.7 Å². The van der Waals surface area contributed by atoms with Gasteiger partial charge in [0.2, 0.25) is 65.0 Å². The first-order chi connectivity index (χ1) is 39.3. The maximum atomic E-state index is 15.1. The third-order valence-corrected chi connectivity index (χ3v) is 16.2. The number of allylic oxidation sites excluding steroid dienone is 2. The molecule has 7 N–H and O–H groups in total. The number of carbonyl (C=O) groups is 11. The zero-order valence-electron chi connectivity index (χ0n) is 55.4. The normalized spacial score (nSPS) is 28.0. The molecule has 0 aromatic carbocycles. The summed E-state index contributed by atoms with van der Waals surface area (Å²) in [7, 11) is 8.24. The SMILES string of the molecule is C/C=C/C[C@@H](C)[C@@H](O)[C@H]1C(=O)N[C@@H](CC)C(=O)N(C)[C@H](C)C(=O)N(C)[C@@H]([C@@H](C)CO)C(=O)NC(C(C)C)C(=O)N(C)[C@@H](CC(C)C)C(=O)N[C@@H](C)C(=O)N[C@H](C)C(=O)N[C@@H](CC(C)C)C(=O)N(C)[C@@H](CC(C)C)C(=O)N(C)C(C(C)C)C(=O)N1C. The van der Waals surface area contributed by atoms with Crippen LogP contribution in [0.2, 0.25) is 0 Å². The number of hydrogen-bond donors (Lipinski definition) is 7. The molecule has 1 aliphatic rings. The van der Waals surface area contributed by atoms with Crippen LogP contribution < -0.4 is 26.6 Å². The third kappa shape index (κ3) is 21.0. The molecule has 486 valence electrons. The predicted molar refractivity (Wildman–Crippen MR) is 325 cm³/mol. The lowest BCUT2D eigenvalue weighted by molar-refractivity contribution is -0.156. The number of nitrogens with zero attached hydrogens (tertiary/aromatic N) is 6. The highest BCUT2D eigenvalue weighted by Crippen LogP contribution is 2.25. The Morgan fingerprint density at radius 1 is 0.459 bits per heavy atom. The quantitative estimate of drug-likeness (QED) is 0.116. The Labute approximate surface area is 507 Å². The minimum atomic E-state index is -1.64. The number of likely N-dealkylation sites (N-methyl/N-ethyl adjacent to an activating group) is 6. The Hall–Kier alpha value is -6.17. The van der Waals surface area contributed by atoms with E-state index in [4.69, 9.17) is 0 Å². The molecule has 1 rings (SSSR count). The summed E-state index contributed by atoms with van der Waals surface area (Å²) < 4.78 is 0. The van der Waals surface area contributed by atoms with E-state index in [2.05, 4.69) is 26.6 Å². The van der Waals surface area contributed by atoms with Crippen molar-refractivity contribution >= 4 is 65.0 Å². The van der Waals surface area contributed by atoms with Gasteiger partial charge in [-0.05, 0) is 95.3 Å². The lowest BCUT2D eigenvalue weighted by Gasteiger charge is -2.41. The lowest BCUT2D eigenvalue weighted by Crippen LogP contribution is -2.64. The van der Waals surface area contributed by atoms with Crippen molar-refractivity contribution in [1.82, 2.24) is 56.0 Å². The number of rotatable bonds is 15. The molecule has 1 heterocycles. The van der Waals surface area contributed by atoms with Crippen molar-refractivity contribution < 1.29 is 63.0 Å². The van der Waals surface area contributed by atoms with Gasteiger partial charge in [-0.1, -0.05) is 102 Å². The molecular weight excluding hydrogens is 1090 g/mol. The standard InChI is InChI=1S/C61H109N11O13/c1-24-26-27-37(13)50(74)49-55(79)64-42(25-2)57(81)67(18)41(17)56(80)71(22)48(38(14)31-73)54(78)66-46(35(9)10)60(84)68(19)44(29-33(5)6)53(77)63-39(15)51(75)62-40(16)52(76)65-43(28-32(3)4)58(82)69(20)45(30-34(7)8)59(83)70(21)47(36(11)12)61(85)72(49)23/h24,26,32-50,73-74H,25,27-31H2,1-23H3,(H,62,75)(H,63,77)(H,64,79)(H,65,76)(H,66,78)/b26-24+/t37-,38+,39+,40-,41-,42+,43+,44+,45+,46?,47?,48+,49+,50-/m1/s1. The fourth-order valence-corrected chi connectivity index (χ4v) is 10.6. The molecule has 85 heavy (non-hydrogen) atoms. The second-order valence-corrected chi connectivity index (χ2v) is 25.5. The highest BCUT2D eigenvalue weighted by molar-refractivity contribution is 6.00. The van der Waals surface area contributed by atoms with Crippen LogP contribution in [0.15, 0.2) is 12.2 Å². The average Bonchev–Trinajstić information content (AvgIpc) is 3.49. The molecule has 1 aliphatic heterocycles. The van der Waals surface area contributed by atoms with Gasteiger partial charge in [-0.3, -0.25) is 52.7 Å². The Balaban J connectivity index is 4.33. The van der Waals surface area contributed by atoms with Gasteiger partial charge >= 0.3 is 0 Å². The molecule has 0 saturated carbocycles. The summed E-state index contributed by atoms with van der Waals surface area (Å²) in [4.78, 5) is 167. The summed E-state index contributed by atoms with van der Waals surface area (Å²) in [5.41, 5.74) is 0. The lowest BCUT2D eigenvalue weighted by atomic mass is 9.91. The molecule has 0 bridgehead atoms. The molecule has 0 spiro atoms. The monoisotopic (exact) mass is 1200 g/mol. The van der Waals surface area contributed by atoms with Crippen LogP contribution in [0.1, 0.15) is 150 Å². The molecule has 24 heteroatoms. The van der Waals surface area contributed by atoms with E-state index in [0.717, 1.165) is 14.7 Å². The highest BCUT2D eigenvalue weighted by Gasteiger charge is 2.46. The number of aliphatic hydroxyl groups is 2. The summed E-state index contributed by atoms with van der Waals surface area (Å²) >= 11 is 0. The van der Waals surface area contributed by atoms with Crippen molar-refractivity contribution in [3.63, 3.8) is 0 Å². The van der Waals surface area contributed by atoms with Crippen LogP contribution >= 0.6 is 0 Å². The number of hydrogen-bond acceptors (Lipinski definition) is 13. The van der Waals surface area contributed by atoms with E-state index >= 15 is 9.59 Å². The van der Waals surface area contributed by atoms with E-state index in [-0.39, 0.29) is 43.4 Å². The van der Waals surface area contributed by atoms with Crippen LogP contribution in [0.4, 0.5) is 0 Å². The molecule has 0 aliphatic carbocycles. The van der Waals surface area contributed by atoms with Crippen LogP contribution in [0.3, 0.4) is 0 Å². The molecule has 0 aromatic heterocycles. The topological polar surface area (TPSA) is 308 Å². The minimum Gasteiger partial charge on any atom is -0.396 e. The van der Waals surface area contributed by atoms with Crippen LogP contribution in [-0.4, -0.2) is 226 Å². The minimum absolute atomic E-state index is 0.0182. The van der Waals surface area contributed by atoms with E-state index < -0.39 is 168 Å². The summed E-state index contributed by atoms with van der Waals surface area (Å²) in [6, 6.07) is -14.3. The Bertz CT molecular complexity index is 2330. The zero-order valence-corrected chi connectivity index (χ0v) is 55.4. The van der Waals surface area contributed by atoms with Crippen LogP contribution in [0, 0.1) is 41.4 Å². The van der Waals surface area contributed by atoms with Gasteiger partial charge in [0.25, 0.3) is 0 Å². The maximum Gasteiger partial charge on any atom is 0.246 e. The fourth-order valence-electron chi connectivity index (χ4n) is 10.6. The maximum absolute atomic E-state index is 15.1. The van der Waals surface area contributed by atoms with Gasteiger partial charge in [-0.2, -0.15) is 0 Å². The summed E-state index contributed by atoms with van der Waals surface area (Å²) in [6.45, 7) is 28.1. The first-order valence-corrected chi connectivity index (χ1v) is 30.3. The smallest absolute Gasteiger partial charge is 0.246 e. The van der Waals surface area contributed by atoms with Crippen molar-refractivity contribution in [2.24, 2.45) is 41.4 Å². The van der Waals surface area contributed by atoms with Gasteiger partial charge in [0, 0.05) is 54.8 Å². The van der Waals surface area contributed by atoms with E-state index in [1.165, 1.54) is 84.7 Å². The van der Waals surface area contributed by atoms with Crippen molar-refractivity contribution in [3.8, 4) is 0 Å². The molecule has 0 aromatic rings. The molecular formula is C61H109N11O13. The summed E-state index contributed by atoms with van der Waals surface area (Å²) in [5, 5.41) is 36.1. The molecule has 11 amide bonds. The fraction of sp³-hybridized carbons (Fsp3) is 0.787. The van der Waals surface area contributed by atoms with Gasteiger partial charge < -0.3 is 66.2 Å². The molecule has 0 radical (unpaired) electrons. The van der Waals surface area contributed by atoms with E-state index in [9.17, 15) is 53.4 Å². The number of amides is 11. The van der Waals surface area contributed by atoms with Crippen LogP contribution in [0.25, 0.3) is 0 Å². The number of carbonyl (C=O) groups excluding carboxylic acids is 11. The second-order valence-electron chi connectivity index (χ2n) is 25.5. The van der Waals surface area contributed by atoms with E-state index in [1.807, 2.05) is 41.5 Å². The van der Waals surface area contributed by atoms with Gasteiger partial charge in [0.05, 0.1) is 6.10 Å². The molecule has 1 saturated heterocycles. The first-order valence-electron chi connectivity index (χ1n) is 30.3. The van der Waals surface area contributed by atoms with Crippen molar-refractivity contribution in [2.45, 2.75) is 222 Å². The number of nitrogens with one attached hydrogen (secondary N) is 5. The predicted octanol–water partition coefficient (Wildman–Crippen LogP) is 1.90. The van der Waals surface area contributed by atoms with E-state index in [1.54, 1.807) is 60.6 Å². The van der Waals surface area contributed by atoms with Crippen molar-refractivity contribution in [1.29, 1.82) is 0 Å². The number of aliphatic hydroxyl groups excluding tert-OH is 2. The van der Waals surface area contributed by atoms with Gasteiger partial charge in [0.15, 0.2) is 0 Å². The zero-order chi connectivity index (χ0) is 66.0. The Morgan fingerprint density at radius 3 is 1.36 bits per heavy atom. The van der Waals surface area contributed by atoms with Crippen molar-refractivity contribution in [2.75, 3.05) is 48.9 Å². The van der Waals surface area contributed by atoms with Gasteiger partial charge in [-0.15, -0.1) is 0 Å². The van der Waals surface area contributed by atoms with E-state index in [0.29, 0.717) is 6.42 Å². The van der Waals surface area contributed by atoms with Crippen LogP contribution in [0.5, 0.6) is 0 Å². The molecule has 14 atom stereocenters. The second kappa shape index (κ2) is 34.8. The molecule has 1 fully saturated rings. The van der Waals surface area contributed by atoms with Gasteiger partial charge in [-0.25, -0.2) is 0 Å². The summed E-state index contributed by atoms with van der Waals surface area (Å²) in [6.07, 6.45) is 2.69. The average molecular weight is 1200 g/mol. The highest BCUT2D eigenvalue weighted by atomic mass is 16.3. The molecule has 24 nitrogen and oxygen atoms in total. The van der Waals surface area contributed by atoms with Gasteiger partial charge in [0.1, 0.15) is 66.5 Å². The Kier molecular flexibility index (Phi) is 31.5. The van der Waals surface area contributed by atoms with Crippen molar-refractivity contribution in [3.05, 3.63) is 12.2 Å². The first kappa shape index (κ1) is 76.8. The molecule has 2 unspecified atom stereocenters.